The average molecular weight is 235 g/mol. The molecule has 1 N–H and O–H groups in total. The summed E-state index contributed by atoms with van der Waals surface area (Å²) in [4.78, 5) is 0. The predicted octanol–water partition coefficient (Wildman–Crippen LogP) is 3.10. The normalized spacial score (nSPS) is 23.8. The molecule has 1 unspecified atom stereocenters. The first-order valence-electron chi connectivity index (χ1n) is 6.43. The van der Waals surface area contributed by atoms with Gasteiger partial charge in [0.25, 0.3) is 0 Å². The van der Waals surface area contributed by atoms with Crippen LogP contribution in [0.1, 0.15) is 42.9 Å². The summed E-state index contributed by atoms with van der Waals surface area (Å²) >= 11 is 0. The average Bonchev–Trinajstić information content (AvgIpc) is 3.08. The van der Waals surface area contributed by atoms with Gasteiger partial charge in [-0.1, -0.05) is 0 Å². The number of fused-ring (bicyclic) bond motifs is 1. The highest BCUT2D eigenvalue weighted by Crippen LogP contribution is 2.36. The van der Waals surface area contributed by atoms with Gasteiger partial charge in [0, 0.05) is 17.6 Å². The van der Waals surface area contributed by atoms with E-state index in [1.165, 1.54) is 12.8 Å². The number of benzene rings is 1. The maximum Gasteiger partial charge on any atom is 0.127 e. The van der Waals surface area contributed by atoms with E-state index in [2.05, 4.69) is 5.32 Å². The molecule has 2 nitrogen and oxygen atoms in total. The molecule has 0 saturated heterocycles. The van der Waals surface area contributed by atoms with Gasteiger partial charge in [0.1, 0.15) is 11.6 Å². The van der Waals surface area contributed by atoms with E-state index in [4.69, 9.17) is 4.74 Å². The third kappa shape index (κ3) is 2.29. The van der Waals surface area contributed by atoms with Crippen LogP contribution < -0.4 is 10.1 Å². The molecule has 0 spiro atoms. The van der Waals surface area contributed by atoms with Gasteiger partial charge in [-0.3, -0.25) is 0 Å². The van der Waals surface area contributed by atoms with E-state index in [1.807, 2.05) is 6.92 Å². The molecule has 1 heterocycles. The predicted molar refractivity (Wildman–Crippen MR) is 64.8 cm³/mol. The second-order valence-corrected chi connectivity index (χ2v) is 5.13. The summed E-state index contributed by atoms with van der Waals surface area (Å²) in [6, 6.07) is 4.08. The van der Waals surface area contributed by atoms with Gasteiger partial charge in [-0.25, -0.2) is 4.39 Å². The van der Waals surface area contributed by atoms with Crippen molar-refractivity contribution in [3.05, 3.63) is 29.1 Å². The number of nitrogens with one attached hydrogen (secondary N) is 1. The second kappa shape index (κ2) is 4.30. The Labute approximate surface area is 101 Å². The number of hydrogen-bond acceptors (Lipinski definition) is 2. The van der Waals surface area contributed by atoms with Crippen LogP contribution in [0.4, 0.5) is 4.39 Å². The van der Waals surface area contributed by atoms with Crippen molar-refractivity contribution < 1.29 is 9.13 Å². The highest BCUT2D eigenvalue weighted by atomic mass is 19.1. The summed E-state index contributed by atoms with van der Waals surface area (Å²) in [6.07, 6.45) is 4.56. The monoisotopic (exact) mass is 235 g/mol. The SMILES string of the molecule is Cc1cc(F)cc2c1OCCCC2NC1CC1. The molecule has 1 aromatic rings. The third-order valence-electron chi connectivity index (χ3n) is 3.54. The standard InChI is InChI=1S/C14H18FNO/c1-9-7-10(15)8-12-13(16-11-4-5-11)3-2-6-17-14(9)12/h7-8,11,13,16H,2-6H2,1H3. The number of hydrogen-bond donors (Lipinski definition) is 1. The molecular weight excluding hydrogens is 217 g/mol. The Kier molecular flexibility index (Phi) is 2.79. The topological polar surface area (TPSA) is 21.3 Å². The van der Waals surface area contributed by atoms with E-state index in [0.717, 1.165) is 36.3 Å². The smallest absolute Gasteiger partial charge is 0.127 e. The molecule has 1 fully saturated rings. The van der Waals surface area contributed by atoms with Crippen molar-refractivity contribution in [2.75, 3.05) is 6.61 Å². The molecule has 0 bridgehead atoms. The molecule has 1 saturated carbocycles. The Morgan fingerprint density at radius 2 is 2.12 bits per heavy atom. The van der Waals surface area contributed by atoms with Gasteiger partial charge in [-0.15, -0.1) is 0 Å². The van der Waals surface area contributed by atoms with Gasteiger partial charge in [0.15, 0.2) is 0 Å². The lowest BCUT2D eigenvalue weighted by Gasteiger charge is -2.19. The van der Waals surface area contributed by atoms with Crippen molar-refractivity contribution >= 4 is 0 Å². The quantitative estimate of drug-likeness (QED) is 0.850. The maximum atomic E-state index is 13.5. The van der Waals surface area contributed by atoms with E-state index in [9.17, 15) is 4.39 Å². The fourth-order valence-electron chi connectivity index (χ4n) is 2.54. The van der Waals surface area contributed by atoms with Crippen LogP contribution in [0, 0.1) is 12.7 Å². The van der Waals surface area contributed by atoms with Crippen LogP contribution in [0.2, 0.25) is 0 Å². The minimum absolute atomic E-state index is 0.158. The minimum Gasteiger partial charge on any atom is -0.493 e. The van der Waals surface area contributed by atoms with Gasteiger partial charge in [0.2, 0.25) is 0 Å². The van der Waals surface area contributed by atoms with Crippen molar-refractivity contribution in [1.29, 1.82) is 0 Å². The fraction of sp³-hybridized carbons (Fsp3) is 0.571. The van der Waals surface area contributed by atoms with Crippen LogP contribution in [0.5, 0.6) is 5.75 Å². The van der Waals surface area contributed by atoms with Crippen LogP contribution in [0.3, 0.4) is 0 Å². The van der Waals surface area contributed by atoms with Crippen LogP contribution >= 0.6 is 0 Å². The largest absolute Gasteiger partial charge is 0.493 e. The number of aryl methyl sites for hydroxylation is 1. The molecule has 0 aromatic heterocycles. The molecule has 2 aliphatic rings. The lowest BCUT2D eigenvalue weighted by atomic mass is 9.99. The number of ether oxygens (including phenoxy) is 1. The molecule has 1 atom stereocenters. The van der Waals surface area contributed by atoms with Crippen molar-refractivity contribution in [3.8, 4) is 5.75 Å². The number of rotatable bonds is 2. The minimum atomic E-state index is -0.158. The second-order valence-electron chi connectivity index (χ2n) is 5.13. The molecular formula is C14H18FNO. The van der Waals surface area contributed by atoms with Gasteiger partial charge in [-0.05, 0) is 50.3 Å². The van der Waals surface area contributed by atoms with E-state index >= 15 is 0 Å². The first kappa shape index (κ1) is 11.0. The molecule has 3 rings (SSSR count). The Morgan fingerprint density at radius 1 is 1.29 bits per heavy atom. The summed E-state index contributed by atoms with van der Waals surface area (Å²) in [5.41, 5.74) is 1.91. The fourth-order valence-corrected chi connectivity index (χ4v) is 2.54. The summed E-state index contributed by atoms with van der Waals surface area (Å²) < 4.78 is 19.3. The van der Waals surface area contributed by atoms with E-state index in [1.54, 1.807) is 12.1 Å². The zero-order valence-corrected chi connectivity index (χ0v) is 10.1. The first-order chi connectivity index (χ1) is 8.24. The molecule has 92 valence electrons. The van der Waals surface area contributed by atoms with Gasteiger partial charge in [-0.2, -0.15) is 0 Å². The van der Waals surface area contributed by atoms with E-state index < -0.39 is 0 Å². The van der Waals surface area contributed by atoms with Crippen molar-refractivity contribution in [3.63, 3.8) is 0 Å². The molecule has 17 heavy (non-hydrogen) atoms. The van der Waals surface area contributed by atoms with Crippen LogP contribution in [0.15, 0.2) is 12.1 Å². The molecule has 0 radical (unpaired) electrons. The first-order valence-corrected chi connectivity index (χ1v) is 6.43. The van der Waals surface area contributed by atoms with Crippen LogP contribution in [-0.4, -0.2) is 12.6 Å². The molecule has 0 amide bonds. The van der Waals surface area contributed by atoms with Crippen molar-refractivity contribution in [1.82, 2.24) is 5.32 Å². The summed E-state index contributed by atoms with van der Waals surface area (Å²) in [5, 5.41) is 3.60. The molecule has 1 aromatic carbocycles. The lowest BCUT2D eigenvalue weighted by molar-refractivity contribution is 0.313. The zero-order chi connectivity index (χ0) is 11.8. The Hall–Kier alpha value is -1.09. The summed E-state index contributed by atoms with van der Waals surface area (Å²) in [5.74, 6) is 0.733. The summed E-state index contributed by atoms with van der Waals surface area (Å²) in [7, 11) is 0. The zero-order valence-electron chi connectivity index (χ0n) is 10.1. The van der Waals surface area contributed by atoms with Crippen molar-refractivity contribution in [2.24, 2.45) is 0 Å². The lowest BCUT2D eigenvalue weighted by Crippen LogP contribution is -2.23. The number of halogens is 1. The highest BCUT2D eigenvalue weighted by Gasteiger charge is 2.28. The summed E-state index contributed by atoms with van der Waals surface area (Å²) in [6.45, 7) is 2.66. The van der Waals surface area contributed by atoms with Gasteiger partial charge >= 0.3 is 0 Å². The Morgan fingerprint density at radius 3 is 2.88 bits per heavy atom. The van der Waals surface area contributed by atoms with Crippen LogP contribution in [0.25, 0.3) is 0 Å². The Balaban J connectivity index is 1.97. The van der Waals surface area contributed by atoms with E-state index in [0.29, 0.717) is 6.04 Å². The maximum absolute atomic E-state index is 13.5. The van der Waals surface area contributed by atoms with Crippen molar-refractivity contribution in [2.45, 2.75) is 44.7 Å². The molecule has 1 aliphatic heterocycles. The third-order valence-corrected chi connectivity index (χ3v) is 3.54. The molecule has 1 aliphatic carbocycles. The molecule has 3 heteroatoms. The van der Waals surface area contributed by atoms with Crippen LogP contribution in [-0.2, 0) is 0 Å². The van der Waals surface area contributed by atoms with Gasteiger partial charge < -0.3 is 10.1 Å². The highest BCUT2D eigenvalue weighted by molar-refractivity contribution is 5.43. The van der Waals surface area contributed by atoms with Gasteiger partial charge in [0.05, 0.1) is 6.61 Å². The Bertz CT molecular complexity index is 428. The van der Waals surface area contributed by atoms with E-state index in [-0.39, 0.29) is 11.9 Å².